The zero-order valence-corrected chi connectivity index (χ0v) is 16.8. The maximum Gasteiger partial charge on any atom is 0.250 e. The number of fused-ring (bicyclic) bond motifs is 1. The van der Waals surface area contributed by atoms with E-state index in [1.807, 2.05) is 13.8 Å². The second kappa shape index (κ2) is 7.72. The number of aryl methyl sites for hydroxylation is 2. The Hall–Kier alpha value is -1.64. The van der Waals surface area contributed by atoms with Crippen molar-refractivity contribution in [3.05, 3.63) is 38.3 Å². The molecular weight excluding hydrogens is 428 g/mol. The number of halogens is 2. The third-order valence-electron chi connectivity index (χ3n) is 3.60. The largest absolute Gasteiger partial charge is 0.492 e. The number of hydrogen-bond donors (Lipinski definition) is 1. The van der Waals surface area contributed by atoms with Crippen LogP contribution in [-0.4, -0.2) is 27.1 Å². The molecule has 0 radical (unpaired) electrons. The van der Waals surface area contributed by atoms with E-state index >= 15 is 0 Å². The zero-order chi connectivity index (χ0) is 18.0. The van der Waals surface area contributed by atoms with E-state index in [9.17, 15) is 4.79 Å². The number of nitrogens with zero attached hydrogens (tertiary/aromatic N) is 3. The van der Waals surface area contributed by atoms with Crippen molar-refractivity contribution in [2.75, 3.05) is 11.9 Å². The zero-order valence-electron chi connectivity index (χ0n) is 13.7. The predicted octanol–water partition coefficient (Wildman–Crippen LogP) is 4.62. The maximum absolute atomic E-state index is 12.0. The molecule has 2 aromatic heterocycles. The number of rotatable bonds is 6. The van der Waals surface area contributed by atoms with Gasteiger partial charge in [-0.05, 0) is 54.4 Å². The molecule has 25 heavy (non-hydrogen) atoms. The number of carbonyl (C=O) groups excluding carboxylic acids is 1. The van der Waals surface area contributed by atoms with Crippen molar-refractivity contribution < 1.29 is 9.53 Å². The normalized spacial score (nSPS) is 11.0. The third-order valence-corrected chi connectivity index (χ3v) is 5.50. The predicted molar refractivity (Wildman–Crippen MR) is 103 cm³/mol. The van der Waals surface area contributed by atoms with E-state index < -0.39 is 0 Å². The average Bonchev–Trinajstić information content (AvgIpc) is 3.05. The molecule has 0 fully saturated rings. The highest BCUT2D eigenvalue weighted by Gasteiger charge is 2.12. The van der Waals surface area contributed by atoms with Gasteiger partial charge in [0.2, 0.25) is 16.8 Å². The Labute approximate surface area is 162 Å². The molecule has 0 atom stereocenters. The van der Waals surface area contributed by atoms with Crippen molar-refractivity contribution >= 4 is 55.7 Å². The molecular formula is C16H16BrClN4O2S. The lowest BCUT2D eigenvalue weighted by Crippen LogP contribution is -2.14. The molecule has 1 N–H and O–H groups in total. The van der Waals surface area contributed by atoms with E-state index in [4.69, 9.17) is 16.3 Å². The highest BCUT2D eigenvalue weighted by Crippen LogP contribution is 2.28. The van der Waals surface area contributed by atoms with Gasteiger partial charge in [-0.25, -0.2) is 4.52 Å². The first-order valence-electron chi connectivity index (χ1n) is 7.64. The Kier molecular flexibility index (Phi) is 5.61. The number of ether oxygens (including phenoxy) is 1. The van der Waals surface area contributed by atoms with Gasteiger partial charge >= 0.3 is 0 Å². The SMILES string of the molecule is Cc1sc2nc(NC(=O)CCCOc3ccc(Cl)cc3Br)nn2c1C. The summed E-state index contributed by atoms with van der Waals surface area (Å²) in [7, 11) is 0. The van der Waals surface area contributed by atoms with Gasteiger partial charge in [-0.3, -0.25) is 10.1 Å². The van der Waals surface area contributed by atoms with Crippen LogP contribution in [0.1, 0.15) is 23.4 Å². The van der Waals surface area contributed by atoms with Crippen molar-refractivity contribution in [1.82, 2.24) is 14.6 Å². The topological polar surface area (TPSA) is 68.5 Å². The molecule has 3 aromatic rings. The molecule has 0 aliphatic heterocycles. The van der Waals surface area contributed by atoms with Gasteiger partial charge in [0, 0.05) is 16.3 Å². The standard InChI is InChI=1S/C16H16BrClN4O2S/c1-9-10(2)25-16-20-15(21-22(9)16)19-14(23)4-3-7-24-13-6-5-11(18)8-12(13)17/h5-6,8H,3-4,7H2,1-2H3,(H,19,21,23). The highest BCUT2D eigenvalue weighted by atomic mass is 79.9. The molecule has 2 heterocycles. The molecule has 9 heteroatoms. The summed E-state index contributed by atoms with van der Waals surface area (Å²) in [5.41, 5.74) is 1.04. The minimum Gasteiger partial charge on any atom is -0.492 e. The summed E-state index contributed by atoms with van der Waals surface area (Å²) >= 11 is 10.8. The molecule has 0 unspecified atom stereocenters. The number of benzene rings is 1. The Morgan fingerprint density at radius 3 is 2.96 bits per heavy atom. The van der Waals surface area contributed by atoms with Crippen LogP contribution in [0.5, 0.6) is 5.75 Å². The summed E-state index contributed by atoms with van der Waals surface area (Å²) in [6, 6.07) is 5.32. The van der Waals surface area contributed by atoms with Gasteiger partial charge in [0.05, 0.1) is 16.8 Å². The minimum absolute atomic E-state index is 0.133. The molecule has 0 aliphatic carbocycles. The lowest BCUT2D eigenvalue weighted by molar-refractivity contribution is -0.116. The monoisotopic (exact) mass is 442 g/mol. The number of hydrogen-bond acceptors (Lipinski definition) is 5. The lowest BCUT2D eigenvalue weighted by Gasteiger charge is -2.08. The number of amides is 1. The fraction of sp³-hybridized carbons (Fsp3) is 0.312. The van der Waals surface area contributed by atoms with Gasteiger partial charge in [0.25, 0.3) is 0 Å². The van der Waals surface area contributed by atoms with E-state index in [-0.39, 0.29) is 5.91 Å². The van der Waals surface area contributed by atoms with Crippen LogP contribution in [0.4, 0.5) is 5.95 Å². The Morgan fingerprint density at radius 2 is 2.24 bits per heavy atom. The van der Waals surface area contributed by atoms with E-state index in [1.54, 1.807) is 34.1 Å². The van der Waals surface area contributed by atoms with Gasteiger partial charge in [-0.15, -0.1) is 5.10 Å². The van der Waals surface area contributed by atoms with Crippen LogP contribution in [-0.2, 0) is 4.79 Å². The number of anilines is 1. The van der Waals surface area contributed by atoms with E-state index in [2.05, 4.69) is 31.3 Å². The van der Waals surface area contributed by atoms with Crippen LogP contribution in [0, 0.1) is 13.8 Å². The molecule has 0 saturated carbocycles. The fourth-order valence-corrected chi connectivity index (χ4v) is 3.89. The summed E-state index contributed by atoms with van der Waals surface area (Å²) in [6.07, 6.45) is 0.914. The van der Waals surface area contributed by atoms with Crippen molar-refractivity contribution in [2.24, 2.45) is 0 Å². The molecule has 6 nitrogen and oxygen atoms in total. The van der Waals surface area contributed by atoms with Crippen molar-refractivity contribution in [2.45, 2.75) is 26.7 Å². The number of thiazole rings is 1. The summed E-state index contributed by atoms with van der Waals surface area (Å²) in [5.74, 6) is 0.902. The van der Waals surface area contributed by atoms with Crippen molar-refractivity contribution in [3.63, 3.8) is 0 Å². The van der Waals surface area contributed by atoms with Crippen molar-refractivity contribution in [1.29, 1.82) is 0 Å². The summed E-state index contributed by atoms with van der Waals surface area (Å²) in [4.78, 5) is 18.3. The van der Waals surface area contributed by atoms with Crippen LogP contribution in [0.25, 0.3) is 4.96 Å². The second-order valence-electron chi connectivity index (χ2n) is 5.45. The highest BCUT2D eigenvalue weighted by molar-refractivity contribution is 9.10. The first kappa shape index (κ1) is 18.2. The molecule has 0 spiro atoms. The number of nitrogens with one attached hydrogen (secondary N) is 1. The Balaban J connectivity index is 1.47. The molecule has 0 bridgehead atoms. The maximum atomic E-state index is 12.0. The first-order chi connectivity index (χ1) is 11.9. The van der Waals surface area contributed by atoms with Gasteiger partial charge < -0.3 is 4.74 Å². The molecule has 0 saturated heterocycles. The summed E-state index contributed by atoms with van der Waals surface area (Å²) in [5, 5.41) is 7.66. The average molecular weight is 444 g/mol. The van der Waals surface area contributed by atoms with Crippen LogP contribution in [0.2, 0.25) is 5.02 Å². The van der Waals surface area contributed by atoms with Crippen LogP contribution >= 0.6 is 38.9 Å². The summed E-state index contributed by atoms with van der Waals surface area (Å²) in [6.45, 7) is 4.43. The Bertz CT molecular complexity index is 924. The smallest absolute Gasteiger partial charge is 0.250 e. The first-order valence-corrected chi connectivity index (χ1v) is 9.63. The lowest BCUT2D eigenvalue weighted by atomic mass is 10.3. The van der Waals surface area contributed by atoms with Gasteiger partial charge in [0.15, 0.2) is 0 Å². The quantitative estimate of drug-likeness (QED) is 0.564. The Morgan fingerprint density at radius 1 is 1.44 bits per heavy atom. The van der Waals surface area contributed by atoms with Gasteiger partial charge in [-0.2, -0.15) is 4.98 Å². The van der Waals surface area contributed by atoms with Gasteiger partial charge in [0.1, 0.15) is 5.75 Å². The fourth-order valence-electron chi connectivity index (χ4n) is 2.19. The molecule has 1 aromatic carbocycles. The third kappa shape index (κ3) is 4.31. The molecule has 1 amide bonds. The van der Waals surface area contributed by atoms with Gasteiger partial charge in [-0.1, -0.05) is 22.9 Å². The molecule has 3 rings (SSSR count). The second-order valence-corrected chi connectivity index (χ2v) is 7.92. The van der Waals surface area contributed by atoms with Crippen LogP contribution in [0.3, 0.4) is 0 Å². The summed E-state index contributed by atoms with van der Waals surface area (Å²) < 4.78 is 8.17. The number of carbonyl (C=O) groups is 1. The van der Waals surface area contributed by atoms with E-state index in [1.165, 1.54) is 4.88 Å². The van der Waals surface area contributed by atoms with E-state index in [0.717, 1.165) is 15.1 Å². The van der Waals surface area contributed by atoms with Crippen molar-refractivity contribution in [3.8, 4) is 5.75 Å². The molecule has 132 valence electrons. The number of aromatic nitrogens is 3. The van der Waals surface area contributed by atoms with Crippen LogP contribution < -0.4 is 10.1 Å². The minimum atomic E-state index is -0.133. The van der Waals surface area contributed by atoms with Crippen LogP contribution in [0.15, 0.2) is 22.7 Å². The van der Waals surface area contributed by atoms with E-state index in [0.29, 0.717) is 36.2 Å². The molecule has 0 aliphatic rings.